The van der Waals surface area contributed by atoms with E-state index in [0.29, 0.717) is 5.75 Å². The van der Waals surface area contributed by atoms with E-state index in [4.69, 9.17) is 0 Å². The highest BCUT2D eigenvalue weighted by Crippen LogP contribution is 2.26. The van der Waals surface area contributed by atoms with Crippen LogP contribution >= 0.6 is 0 Å². The van der Waals surface area contributed by atoms with Gasteiger partial charge in [0.25, 0.3) is 0 Å². The maximum atomic E-state index is 11.8. The molecule has 2 atom stereocenters. The summed E-state index contributed by atoms with van der Waals surface area (Å²) in [4.78, 5) is 2.54. The van der Waals surface area contributed by atoms with Crippen LogP contribution in [-0.4, -0.2) is 32.5 Å². The lowest BCUT2D eigenvalue weighted by molar-refractivity contribution is 0.357. The van der Waals surface area contributed by atoms with E-state index < -0.39 is 9.84 Å². The molecule has 27 heavy (non-hydrogen) atoms. The molecule has 4 heteroatoms. The van der Waals surface area contributed by atoms with E-state index in [1.807, 2.05) is 0 Å². The molecule has 0 aromatic heterocycles. The molecule has 0 radical (unpaired) electrons. The van der Waals surface area contributed by atoms with E-state index in [9.17, 15) is 8.42 Å². The Hall–Kier alpha value is -1.03. The third-order valence-corrected chi connectivity index (χ3v) is 8.08. The number of aryl methyl sites for hydroxylation is 1. The third-order valence-electron chi connectivity index (χ3n) is 5.78. The predicted molar refractivity (Wildman–Crippen MR) is 117 cm³/mol. The second kappa shape index (κ2) is 10.5. The second-order valence-electron chi connectivity index (χ2n) is 8.95. The van der Waals surface area contributed by atoms with Gasteiger partial charge in [0, 0.05) is 18.8 Å². The Morgan fingerprint density at radius 3 is 2.07 bits per heavy atom. The SMILES string of the molecule is CC(C)S(=O)(=O)CCCCCCCc1ccc(N2C[C@H](C)C[C@@H](C)C2)cc1. The summed E-state index contributed by atoms with van der Waals surface area (Å²) in [6, 6.07) is 9.15. The van der Waals surface area contributed by atoms with E-state index in [1.54, 1.807) is 13.8 Å². The number of piperidine rings is 1. The molecule has 0 unspecified atom stereocenters. The molecule has 0 saturated carbocycles. The van der Waals surface area contributed by atoms with E-state index in [0.717, 1.165) is 37.5 Å². The number of rotatable bonds is 10. The van der Waals surface area contributed by atoms with Crippen LogP contribution in [0, 0.1) is 11.8 Å². The molecular weight excluding hydrogens is 354 g/mol. The zero-order chi connectivity index (χ0) is 19.9. The van der Waals surface area contributed by atoms with Gasteiger partial charge >= 0.3 is 0 Å². The monoisotopic (exact) mass is 393 g/mol. The number of anilines is 1. The van der Waals surface area contributed by atoms with Crippen LogP contribution in [0.4, 0.5) is 5.69 Å². The van der Waals surface area contributed by atoms with Crippen LogP contribution in [0.5, 0.6) is 0 Å². The highest BCUT2D eigenvalue weighted by molar-refractivity contribution is 7.91. The van der Waals surface area contributed by atoms with E-state index in [-0.39, 0.29) is 5.25 Å². The summed E-state index contributed by atoms with van der Waals surface area (Å²) in [6.45, 7) is 10.6. The van der Waals surface area contributed by atoms with Crippen LogP contribution in [0.25, 0.3) is 0 Å². The molecule has 0 amide bonds. The van der Waals surface area contributed by atoms with Crippen LogP contribution < -0.4 is 4.90 Å². The van der Waals surface area contributed by atoms with Crippen molar-refractivity contribution in [3.05, 3.63) is 29.8 Å². The summed E-state index contributed by atoms with van der Waals surface area (Å²) < 4.78 is 23.6. The van der Waals surface area contributed by atoms with Crippen LogP contribution in [0.1, 0.15) is 71.8 Å². The van der Waals surface area contributed by atoms with Crippen molar-refractivity contribution < 1.29 is 8.42 Å². The van der Waals surface area contributed by atoms with Crippen molar-refractivity contribution in [1.29, 1.82) is 0 Å². The first-order chi connectivity index (χ1) is 12.8. The van der Waals surface area contributed by atoms with Gasteiger partial charge in [-0.2, -0.15) is 0 Å². The van der Waals surface area contributed by atoms with Crippen molar-refractivity contribution in [2.24, 2.45) is 11.8 Å². The van der Waals surface area contributed by atoms with Crippen molar-refractivity contribution >= 4 is 15.5 Å². The van der Waals surface area contributed by atoms with Crippen LogP contribution in [0.15, 0.2) is 24.3 Å². The molecule has 1 fully saturated rings. The zero-order valence-electron chi connectivity index (χ0n) is 17.8. The second-order valence-corrected chi connectivity index (χ2v) is 11.6. The molecule has 1 aliphatic rings. The average Bonchev–Trinajstić information content (AvgIpc) is 2.60. The summed E-state index contributed by atoms with van der Waals surface area (Å²) in [5.74, 6) is 1.91. The van der Waals surface area contributed by atoms with E-state index in [1.165, 1.54) is 43.6 Å². The Kier molecular flexibility index (Phi) is 8.65. The van der Waals surface area contributed by atoms with Crippen LogP contribution in [-0.2, 0) is 16.3 Å². The maximum absolute atomic E-state index is 11.8. The van der Waals surface area contributed by atoms with Crippen LogP contribution in [0.3, 0.4) is 0 Å². The Morgan fingerprint density at radius 2 is 1.48 bits per heavy atom. The Morgan fingerprint density at radius 1 is 0.926 bits per heavy atom. The minimum atomic E-state index is -2.86. The highest BCUT2D eigenvalue weighted by atomic mass is 32.2. The van der Waals surface area contributed by atoms with Gasteiger partial charge < -0.3 is 4.90 Å². The molecule has 154 valence electrons. The van der Waals surface area contributed by atoms with Gasteiger partial charge in [-0.1, -0.05) is 45.2 Å². The van der Waals surface area contributed by atoms with Gasteiger partial charge in [-0.3, -0.25) is 0 Å². The van der Waals surface area contributed by atoms with Crippen molar-refractivity contribution in [1.82, 2.24) is 0 Å². The summed E-state index contributed by atoms with van der Waals surface area (Å²) in [5, 5.41) is -0.239. The molecule has 0 aliphatic carbocycles. The summed E-state index contributed by atoms with van der Waals surface area (Å²) in [5.41, 5.74) is 2.78. The van der Waals surface area contributed by atoms with Crippen molar-refractivity contribution in [2.45, 2.75) is 77.9 Å². The Bertz CT molecular complexity index is 641. The third kappa shape index (κ3) is 7.48. The highest BCUT2D eigenvalue weighted by Gasteiger charge is 2.21. The van der Waals surface area contributed by atoms with Gasteiger partial charge in [0.1, 0.15) is 0 Å². The normalized spacial score (nSPS) is 21.0. The quantitative estimate of drug-likeness (QED) is 0.494. The van der Waals surface area contributed by atoms with Gasteiger partial charge in [-0.25, -0.2) is 8.42 Å². The molecule has 3 nitrogen and oxygen atoms in total. The summed E-state index contributed by atoms with van der Waals surface area (Å²) in [7, 11) is -2.86. The zero-order valence-corrected chi connectivity index (χ0v) is 18.6. The molecule has 1 aliphatic heterocycles. The van der Waals surface area contributed by atoms with E-state index >= 15 is 0 Å². The maximum Gasteiger partial charge on any atom is 0.152 e. The van der Waals surface area contributed by atoms with Gasteiger partial charge in [-0.05, 0) is 69.1 Å². The number of unbranched alkanes of at least 4 members (excludes halogenated alkanes) is 4. The fourth-order valence-electron chi connectivity index (χ4n) is 4.15. The van der Waals surface area contributed by atoms with Crippen molar-refractivity contribution in [2.75, 3.05) is 23.7 Å². The van der Waals surface area contributed by atoms with Gasteiger partial charge in [0.2, 0.25) is 0 Å². The Balaban J connectivity index is 1.64. The molecule has 1 heterocycles. The Labute approximate surface area is 167 Å². The fourth-order valence-corrected chi connectivity index (χ4v) is 5.22. The fraction of sp³-hybridized carbons (Fsp3) is 0.739. The van der Waals surface area contributed by atoms with E-state index in [2.05, 4.69) is 43.0 Å². The topological polar surface area (TPSA) is 37.4 Å². The smallest absolute Gasteiger partial charge is 0.152 e. The lowest BCUT2D eigenvalue weighted by Gasteiger charge is -2.36. The molecule has 2 rings (SSSR count). The first-order valence-corrected chi connectivity index (χ1v) is 12.5. The average molecular weight is 394 g/mol. The minimum absolute atomic E-state index is 0.239. The number of nitrogens with zero attached hydrogens (tertiary/aromatic N) is 1. The number of benzene rings is 1. The number of sulfone groups is 1. The molecule has 0 N–H and O–H groups in total. The molecule has 1 aromatic rings. The molecule has 1 saturated heterocycles. The summed E-state index contributed by atoms with van der Waals surface area (Å²) in [6.07, 6.45) is 7.81. The largest absolute Gasteiger partial charge is 0.371 e. The number of hydrogen-bond acceptors (Lipinski definition) is 3. The van der Waals surface area contributed by atoms with Crippen molar-refractivity contribution in [3.63, 3.8) is 0 Å². The summed E-state index contributed by atoms with van der Waals surface area (Å²) >= 11 is 0. The number of hydrogen-bond donors (Lipinski definition) is 0. The minimum Gasteiger partial charge on any atom is -0.371 e. The standard InChI is InChI=1S/C23H39NO2S/c1-19(2)27(25,26)15-9-7-5-6-8-10-22-11-13-23(14-12-22)24-17-20(3)16-21(4)18-24/h11-14,19-21H,5-10,15-18H2,1-4H3/t20-,21-/m1/s1. The molecule has 1 aromatic carbocycles. The molecule has 0 spiro atoms. The lowest BCUT2D eigenvalue weighted by atomic mass is 9.91. The van der Waals surface area contributed by atoms with Crippen molar-refractivity contribution in [3.8, 4) is 0 Å². The van der Waals surface area contributed by atoms with Gasteiger partial charge in [0.15, 0.2) is 9.84 Å². The first-order valence-electron chi connectivity index (χ1n) is 10.8. The molecule has 0 bridgehead atoms. The van der Waals surface area contributed by atoms with Crippen LogP contribution in [0.2, 0.25) is 0 Å². The molecular formula is C23H39NO2S. The predicted octanol–water partition coefficient (Wildman–Crippen LogP) is 5.49. The lowest BCUT2D eigenvalue weighted by Crippen LogP contribution is -2.38. The van der Waals surface area contributed by atoms with Gasteiger partial charge in [-0.15, -0.1) is 0 Å². The first kappa shape index (κ1) is 22.3. The van der Waals surface area contributed by atoms with Gasteiger partial charge in [0.05, 0.1) is 11.0 Å².